The lowest BCUT2D eigenvalue weighted by molar-refractivity contribution is 0.152. The second-order valence-electron chi connectivity index (χ2n) is 6.28. The van der Waals surface area contributed by atoms with Crippen molar-refractivity contribution >= 4 is 0 Å². The summed E-state index contributed by atoms with van der Waals surface area (Å²) < 4.78 is 5.29. The van der Waals surface area contributed by atoms with Crippen molar-refractivity contribution in [3.63, 3.8) is 0 Å². The first kappa shape index (κ1) is 14.4. The molecule has 2 N–H and O–H groups in total. The third kappa shape index (κ3) is 3.71. The van der Waals surface area contributed by atoms with Gasteiger partial charge in [0.15, 0.2) is 0 Å². The summed E-state index contributed by atoms with van der Waals surface area (Å²) in [7, 11) is 1.71. The van der Waals surface area contributed by atoms with Crippen molar-refractivity contribution in [1.29, 1.82) is 0 Å². The Balaban J connectivity index is 1.97. The van der Waals surface area contributed by atoms with Crippen LogP contribution in [0.15, 0.2) is 18.2 Å². The third-order valence-corrected chi connectivity index (χ3v) is 3.94. The molecule has 1 aliphatic rings. The first-order valence-corrected chi connectivity index (χ1v) is 7.04. The fraction of sp³-hybridized carbons (Fsp3) is 0.625. The zero-order valence-electron chi connectivity index (χ0n) is 12.2. The molecule has 1 aliphatic carbocycles. The maximum Gasteiger partial charge on any atom is 0.119 e. The number of ether oxygens (including phenoxy) is 1. The Bertz CT molecular complexity index is 429. The summed E-state index contributed by atoms with van der Waals surface area (Å²) in [5, 5.41) is 12.9. The fourth-order valence-electron chi connectivity index (χ4n) is 2.51. The number of aliphatic hydroxyl groups is 1. The minimum Gasteiger partial charge on any atom is -0.497 e. The van der Waals surface area contributed by atoms with Gasteiger partial charge in [0.1, 0.15) is 5.75 Å². The Labute approximate surface area is 116 Å². The smallest absolute Gasteiger partial charge is 0.119 e. The number of methoxy groups -OCH3 is 1. The lowest BCUT2D eigenvalue weighted by atomic mass is 9.87. The van der Waals surface area contributed by atoms with Gasteiger partial charge in [-0.05, 0) is 42.5 Å². The van der Waals surface area contributed by atoms with Crippen LogP contribution in [0.1, 0.15) is 31.4 Å². The number of benzene rings is 1. The molecule has 1 atom stereocenters. The van der Waals surface area contributed by atoms with Gasteiger partial charge >= 0.3 is 0 Å². The molecule has 106 valence electrons. The zero-order chi connectivity index (χ0) is 13.9. The van der Waals surface area contributed by atoms with Gasteiger partial charge in [-0.2, -0.15) is 0 Å². The van der Waals surface area contributed by atoms with Gasteiger partial charge in [-0.1, -0.05) is 19.9 Å². The molecule has 0 amide bonds. The molecular formula is C16H25NO2. The predicted octanol–water partition coefficient (Wildman–Crippen LogP) is 2.16. The lowest BCUT2D eigenvalue weighted by Gasteiger charge is -2.30. The van der Waals surface area contributed by atoms with Gasteiger partial charge in [0.05, 0.1) is 7.11 Å². The second kappa shape index (κ2) is 5.93. The average Bonchev–Trinajstić information content (AvgIpc) is 2.44. The minimum absolute atomic E-state index is 0.0470. The van der Waals surface area contributed by atoms with Crippen molar-refractivity contribution in [3.8, 4) is 5.75 Å². The number of rotatable bonds is 5. The average molecular weight is 263 g/mol. The van der Waals surface area contributed by atoms with Crippen LogP contribution in [-0.2, 0) is 12.8 Å². The van der Waals surface area contributed by atoms with E-state index in [0.717, 1.165) is 25.1 Å². The molecule has 0 saturated carbocycles. The maximum absolute atomic E-state index is 9.29. The highest BCUT2D eigenvalue weighted by Gasteiger charge is 2.22. The summed E-state index contributed by atoms with van der Waals surface area (Å²) in [5.41, 5.74) is 2.79. The van der Waals surface area contributed by atoms with E-state index in [4.69, 9.17) is 4.74 Å². The molecule has 3 heteroatoms. The van der Waals surface area contributed by atoms with E-state index in [0.29, 0.717) is 6.04 Å². The van der Waals surface area contributed by atoms with E-state index in [1.807, 2.05) is 6.07 Å². The third-order valence-electron chi connectivity index (χ3n) is 3.94. The summed E-state index contributed by atoms with van der Waals surface area (Å²) in [5.74, 6) is 0.940. The van der Waals surface area contributed by atoms with Crippen LogP contribution in [0, 0.1) is 5.41 Å². The Morgan fingerprint density at radius 1 is 1.37 bits per heavy atom. The van der Waals surface area contributed by atoms with Crippen molar-refractivity contribution in [2.45, 2.75) is 39.2 Å². The van der Waals surface area contributed by atoms with Gasteiger partial charge in [0.2, 0.25) is 0 Å². The molecule has 2 rings (SSSR count). The van der Waals surface area contributed by atoms with Crippen LogP contribution in [-0.4, -0.2) is 31.4 Å². The molecule has 0 fully saturated rings. The van der Waals surface area contributed by atoms with Crippen molar-refractivity contribution in [2.24, 2.45) is 5.41 Å². The van der Waals surface area contributed by atoms with E-state index in [-0.39, 0.29) is 12.0 Å². The largest absolute Gasteiger partial charge is 0.497 e. The predicted molar refractivity (Wildman–Crippen MR) is 77.7 cm³/mol. The van der Waals surface area contributed by atoms with E-state index < -0.39 is 0 Å². The number of hydrogen-bond donors (Lipinski definition) is 2. The zero-order valence-corrected chi connectivity index (χ0v) is 12.2. The molecule has 1 aromatic carbocycles. The quantitative estimate of drug-likeness (QED) is 0.855. The molecule has 1 aromatic rings. The van der Waals surface area contributed by atoms with E-state index in [9.17, 15) is 5.11 Å². The molecular weight excluding hydrogens is 238 g/mol. The van der Waals surface area contributed by atoms with Crippen molar-refractivity contribution < 1.29 is 9.84 Å². The summed E-state index contributed by atoms with van der Waals surface area (Å²) >= 11 is 0. The molecule has 0 bridgehead atoms. The van der Waals surface area contributed by atoms with Gasteiger partial charge < -0.3 is 15.2 Å². The van der Waals surface area contributed by atoms with E-state index in [1.54, 1.807) is 7.11 Å². The van der Waals surface area contributed by atoms with E-state index >= 15 is 0 Å². The lowest BCUT2D eigenvalue weighted by Crippen LogP contribution is -2.41. The Morgan fingerprint density at radius 3 is 2.84 bits per heavy atom. The number of hydrogen-bond acceptors (Lipinski definition) is 3. The van der Waals surface area contributed by atoms with Crippen LogP contribution in [0.5, 0.6) is 5.75 Å². The number of aliphatic hydroxyl groups excluding tert-OH is 1. The van der Waals surface area contributed by atoms with Crippen LogP contribution in [0.25, 0.3) is 0 Å². The number of aryl methyl sites for hydroxylation is 1. The molecule has 0 heterocycles. The van der Waals surface area contributed by atoms with Gasteiger partial charge in [0, 0.05) is 24.6 Å². The van der Waals surface area contributed by atoms with Crippen molar-refractivity contribution in [3.05, 3.63) is 29.3 Å². The van der Waals surface area contributed by atoms with Gasteiger partial charge in [0.25, 0.3) is 0 Å². The number of fused-ring (bicyclic) bond motifs is 1. The molecule has 19 heavy (non-hydrogen) atoms. The SMILES string of the molecule is COc1ccc2c(c1)CC(NCC(C)(C)CO)CC2. The highest BCUT2D eigenvalue weighted by Crippen LogP contribution is 2.26. The first-order chi connectivity index (χ1) is 9.04. The van der Waals surface area contributed by atoms with E-state index in [2.05, 4.69) is 31.3 Å². The maximum atomic E-state index is 9.29. The number of nitrogens with one attached hydrogen (secondary N) is 1. The van der Waals surface area contributed by atoms with Crippen molar-refractivity contribution in [2.75, 3.05) is 20.3 Å². The van der Waals surface area contributed by atoms with Crippen LogP contribution < -0.4 is 10.1 Å². The van der Waals surface area contributed by atoms with Crippen molar-refractivity contribution in [1.82, 2.24) is 5.32 Å². The van der Waals surface area contributed by atoms with Crippen LogP contribution in [0.2, 0.25) is 0 Å². The van der Waals surface area contributed by atoms with Crippen LogP contribution >= 0.6 is 0 Å². The molecule has 0 spiro atoms. The molecule has 0 saturated heterocycles. The van der Waals surface area contributed by atoms with Crippen LogP contribution in [0.3, 0.4) is 0 Å². The minimum atomic E-state index is -0.0470. The summed E-state index contributed by atoms with van der Waals surface area (Å²) in [6.07, 6.45) is 3.34. The van der Waals surface area contributed by atoms with Crippen LogP contribution in [0.4, 0.5) is 0 Å². The Kier molecular flexibility index (Phi) is 4.48. The summed E-state index contributed by atoms with van der Waals surface area (Å²) in [6.45, 7) is 5.24. The van der Waals surface area contributed by atoms with E-state index in [1.165, 1.54) is 17.5 Å². The standard InChI is InChI=1S/C16H25NO2/c1-16(2,11-18)10-17-14-6-4-12-5-7-15(19-3)9-13(12)8-14/h5,7,9,14,17-18H,4,6,8,10-11H2,1-3H3. The van der Waals surface area contributed by atoms with Gasteiger partial charge in [-0.15, -0.1) is 0 Å². The molecule has 3 nitrogen and oxygen atoms in total. The second-order valence-corrected chi connectivity index (χ2v) is 6.28. The Morgan fingerprint density at radius 2 is 2.16 bits per heavy atom. The molecule has 0 radical (unpaired) electrons. The molecule has 0 aromatic heterocycles. The highest BCUT2D eigenvalue weighted by atomic mass is 16.5. The fourth-order valence-corrected chi connectivity index (χ4v) is 2.51. The van der Waals surface area contributed by atoms with Gasteiger partial charge in [-0.3, -0.25) is 0 Å². The highest BCUT2D eigenvalue weighted by molar-refractivity contribution is 5.37. The summed E-state index contributed by atoms with van der Waals surface area (Å²) in [6, 6.07) is 6.88. The normalized spacial score (nSPS) is 19.1. The summed E-state index contributed by atoms with van der Waals surface area (Å²) in [4.78, 5) is 0. The monoisotopic (exact) mass is 263 g/mol. The first-order valence-electron chi connectivity index (χ1n) is 7.04. The Hall–Kier alpha value is -1.06. The van der Waals surface area contributed by atoms with Gasteiger partial charge in [-0.25, -0.2) is 0 Å². The molecule has 0 aliphatic heterocycles. The molecule has 1 unspecified atom stereocenters. The topological polar surface area (TPSA) is 41.5 Å².